The van der Waals surface area contributed by atoms with Crippen LogP contribution in [0, 0.1) is 0 Å². The molecule has 148 valence electrons. The Labute approximate surface area is 167 Å². The van der Waals surface area contributed by atoms with Gasteiger partial charge in [0.05, 0.1) is 0 Å². The number of aromatic hydroxyl groups is 1. The number of anilines is 2. The predicted molar refractivity (Wildman–Crippen MR) is 117 cm³/mol. The van der Waals surface area contributed by atoms with Gasteiger partial charge in [-0.1, -0.05) is 65.8 Å². The molecule has 0 unspecified atom stereocenters. The quantitative estimate of drug-likeness (QED) is 0.652. The van der Waals surface area contributed by atoms with E-state index in [0.717, 1.165) is 22.4 Å². The number of phenolic OH excluding ortho intramolecular Hbond substituents is 1. The Bertz CT molecular complexity index is 944. The van der Waals surface area contributed by atoms with Crippen LogP contribution < -0.4 is 10.6 Å². The summed E-state index contributed by atoms with van der Waals surface area (Å²) in [5.41, 5.74) is 4.65. The van der Waals surface area contributed by atoms with Crippen LogP contribution in [0.5, 0.6) is 5.75 Å². The molecular weight excluding hydrogens is 348 g/mol. The Hall–Kier alpha value is -2.75. The molecule has 0 atom stereocenters. The number of para-hydroxylation sites is 1. The van der Waals surface area contributed by atoms with Crippen molar-refractivity contribution in [2.45, 2.75) is 52.4 Å². The number of carbonyl (C=O) groups excluding carboxylic acids is 1. The van der Waals surface area contributed by atoms with Crippen LogP contribution in [0.25, 0.3) is 5.57 Å². The summed E-state index contributed by atoms with van der Waals surface area (Å²) in [6, 6.07) is 11.5. The van der Waals surface area contributed by atoms with Gasteiger partial charge in [0.1, 0.15) is 5.75 Å². The van der Waals surface area contributed by atoms with Crippen LogP contribution in [-0.4, -0.2) is 17.6 Å². The zero-order chi connectivity index (χ0) is 20.7. The number of benzene rings is 2. The normalized spacial score (nSPS) is 14.0. The lowest BCUT2D eigenvalue weighted by Crippen LogP contribution is -2.23. The van der Waals surface area contributed by atoms with Crippen LogP contribution in [0.1, 0.15) is 58.2 Å². The minimum Gasteiger partial charge on any atom is -0.508 e. The highest BCUT2D eigenvalue weighted by Crippen LogP contribution is 2.40. The Kier molecular flexibility index (Phi) is 5.00. The van der Waals surface area contributed by atoms with Gasteiger partial charge in [0.15, 0.2) is 0 Å². The van der Waals surface area contributed by atoms with Gasteiger partial charge in [-0.2, -0.15) is 0 Å². The van der Waals surface area contributed by atoms with Gasteiger partial charge in [0, 0.05) is 35.1 Å². The molecule has 4 nitrogen and oxygen atoms in total. The topological polar surface area (TPSA) is 61.4 Å². The number of nitrogens with one attached hydrogen (secondary N) is 2. The second kappa shape index (κ2) is 7.01. The first-order chi connectivity index (χ1) is 13.0. The summed E-state index contributed by atoms with van der Waals surface area (Å²) in [6.45, 7) is 13.2. The van der Waals surface area contributed by atoms with Crippen molar-refractivity contribution in [2.75, 3.05) is 17.2 Å². The van der Waals surface area contributed by atoms with E-state index in [1.54, 1.807) is 6.07 Å². The molecule has 28 heavy (non-hydrogen) atoms. The van der Waals surface area contributed by atoms with Gasteiger partial charge in [-0.05, 0) is 34.1 Å². The average Bonchev–Trinajstić information content (AvgIpc) is 2.59. The molecular formula is C24H30N2O2. The third kappa shape index (κ3) is 3.91. The van der Waals surface area contributed by atoms with E-state index in [9.17, 15) is 9.90 Å². The van der Waals surface area contributed by atoms with Crippen LogP contribution in [0.15, 0.2) is 42.5 Å². The maximum absolute atomic E-state index is 13.1. The fraction of sp³-hybridized carbons (Fsp3) is 0.375. The molecule has 3 rings (SSSR count). The molecule has 3 N–H and O–H groups in total. The minimum atomic E-state index is -0.191. The summed E-state index contributed by atoms with van der Waals surface area (Å²) < 4.78 is 0. The van der Waals surface area contributed by atoms with Crippen molar-refractivity contribution >= 4 is 22.9 Å². The van der Waals surface area contributed by atoms with E-state index in [0.29, 0.717) is 17.8 Å². The van der Waals surface area contributed by atoms with E-state index in [1.807, 2.05) is 36.4 Å². The van der Waals surface area contributed by atoms with Gasteiger partial charge in [0.25, 0.3) is 5.91 Å². The van der Waals surface area contributed by atoms with Gasteiger partial charge >= 0.3 is 0 Å². The van der Waals surface area contributed by atoms with Crippen molar-refractivity contribution in [3.05, 3.63) is 59.2 Å². The Balaban J connectivity index is 2.02. The Morgan fingerprint density at radius 2 is 1.64 bits per heavy atom. The number of amides is 1. The molecule has 0 aromatic heterocycles. The first-order valence-electron chi connectivity index (χ1n) is 9.71. The van der Waals surface area contributed by atoms with Crippen molar-refractivity contribution in [2.24, 2.45) is 0 Å². The van der Waals surface area contributed by atoms with Crippen LogP contribution >= 0.6 is 0 Å². The molecule has 0 saturated carbocycles. The first kappa shape index (κ1) is 20.0. The number of rotatable bonds is 2. The molecule has 2 aromatic rings. The number of hydrogen-bond donors (Lipinski definition) is 3. The molecule has 4 heteroatoms. The molecule has 0 aliphatic carbocycles. The molecule has 1 aliphatic rings. The molecule has 1 amide bonds. The van der Waals surface area contributed by atoms with E-state index >= 15 is 0 Å². The molecule has 0 bridgehead atoms. The standard InChI is InChI=1S/C24H30N2O2/c1-23(2,3)17-13-18(24(4,5)6)21(27)14-20(17)26-22(28)16-11-12-25-19-10-8-7-9-15(16)19/h7-11,13-14,25,27H,12H2,1-6H3,(H,26,28). The minimum absolute atomic E-state index is 0.164. The monoisotopic (exact) mass is 378 g/mol. The molecule has 1 aliphatic heterocycles. The largest absolute Gasteiger partial charge is 0.508 e. The highest BCUT2D eigenvalue weighted by molar-refractivity contribution is 6.27. The van der Waals surface area contributed by atoms with Crippen molar-refractivity contribution in [3.8, 4) is 5.75 Å². The van der Waals surface area contributed by atoms with Crippen LogP contribution in [0.4, 0.5) is 11.4 Å². The lowest BCUT2D eigenvalue weighted by atomic mass is 9.79. The second-order valence-corrected chi connectivity index (χ2v) is 9.41. The van der Waals surface area contributed by atoms with Gasteiger partial charge in [-0.15, -0.1) is 0 Å². The lowest BCUT2D eigenvalue weighted by molar-refractivity contribution is -0.111. The fourth-order valence-corrected chi connectivity index (χ4v) is 3.56. The number of carbonyl (C=O) groups is 1. The van der Waals surface area contributed by atoms with E-state index in [1.165, 1.54) is 0 Å². The first-order valence-corrected chi connectivity index (χ1v) is 9.71. The van der Waals surface area contributed by atoms with E-state index in [-0.39, 0.29) is 22.5 Å². The molecule has 0 saturated heterocycles. The lowest BCUT2D eigenvalue weighted by Gasteiger charge is -2.29. The fourth-order valence-electron chi connectivity index (χ4n) is 3.56. The van der Waals surface area contributed by atoms with E-state index in [2.05, 4.69) is 52.2 Å². The second-order valence-electron chi connectivity index (χ2n) is 9.41. The summed E-state index contributed by atoms with van der Waals surface area (Å²) in [5.74, 6) is 0.0397. The number of fused-ring (bicyclic) bond motifs is 1. The van der Waals surface area contributed by atoms with Crippen molar-refractivity contribution in [1.82, 2.24) is 0 Å². The van der Waals surface area contributed by atoms with Crippen molar-refractivity contribution < 1.29 is 9.90 Å². The van der Waals surface area contributed by atoms with E-state index < -0.39 is 0 Å². The predicted octanol–water partition coefficient (Wildman–Crippen LogP) is 5.43. The van der Waals surface area contributed by atoms with E-state index in [4.69, 9.17) is 0 Å². The third-order valence-corrected chi connectivity index (χ3v) is 5.06. The molecule has 0 spiro atoms. The van der Waals surface area contributed by atoms with Gasteiger partial charge < -0.3 is 15.7 Å². The van der Waals surface area contributed by atoms with Crippen molar-refractivity contribution in [3.63, 3.8) is 0 Å². The smallest absolute Gasteiger partial charge is 0.256 e. The summed E-state index contributed by atoms with van der Waals surface area (Å²) in [6.07, 6.45) is 1.90. The highest BCUT2D eigenvalue weighted by atomic mass is 16.3. The van der Waals surface area contributed by atoms with Gasteiger partial charge in [0.2, 0.25) is 0 Å². The van der Waals surface area contributed by atoms with Gasteiger partial charge in [-0.3, -0.25) is 4.79 Å². The number of hydrogen-bond acceptors (Lipinski definition) is 3. The SMILES string of the molecule is CC(C)(C)c1cc(C(C)(C)C)c(NC(=O)C2=CCNc3ccccc32)cc1O. The summed E-state index contributed by atoms with van der Waals surface area (Å²) in [4.78, 5) is 13.1. The summed E-state index contributed by atoms with van der Waals surface area (Å²) >= 11 is 0. The van der Waals surface area contributed by atoms with Crippen LogP contribution in [0.3, 0.4) is 0 Å². The molecule has 0 fully saturated rings. The van der Waals surface area contributed by atoms with Crippen LogP contribution in [0.2, 0.25) is 0 Å². The summed E-state index contributed by atoms with van der Waals surface area (Å²) in [5, 5.41) is 17.0. The van der Waals surface area contributed by atoms with Gasteiger partial charge in [-0.25, -0.2) is 0 Å². The zero-order valence-electron chi connectivity index (χ0n) is 17.6. The van der Waals surface area contributed by atoms with Crippen molar-refractivity contribution in [1.29, 1.82) is 0 Å². The molecule has 0 radical (unpaired) electrons. The third-order valence-electron chi connectivity index (χ3n) is 5.06. The molecule has 1 heterocycles. The number of phenols is 1. The Morgan fingerprint density at radius 3 is 2.29 bits per heavy atom. The van der Waals surface area contributed by atoms with Crippen LogP contribution in [-0.2, 0) is 15.6 Å². The molecule has 2 aromatic carbocycles. The maximum Gasteiger partial charge on any atom is 0.256 e. The highest BCUT2D eigenvalue weighted by Gasteiger charge is 2.27. The average molecular weight is 379 g/mol. The Morgan fingerprint density at radius 1 is 1.00 bits per heavy atom. The maximum atomic E-state index is 13.1. The zero-order valence-corrected chi connectivity index (χ0v) is 17.6. The summed E-state index contributed by atoms with van der Waals surface area (Å²) in [7, 11) is 0.